The number of carbonyl (C=O) groups is 1. The fourth-order valence-electron chi connectivity index (χ4n) is 4.19. The molecule has 1 fully saturated rings. The molecule has 0 aliphatic carbocycles. The molecule has 2 aliphatic heterocycles. The number of nitrogen functional groups attached to an aromatic ring is 1. The van der Waals surface area contributed by atoms with Gasteiger partial charge in [0.15, 0.2) is 5.69 Å². The highest BCUT2D eigenvalue weighted by Gasteiger charge is 2.43. The van der Waals surface area contributed by atoms with Crippen molar-refractivity contribution in [3.8, 4) is 10.6 Å². The lowest BCUT2D eigenvalue weighted by Gasteiger charge is -2.43. The number of nitrogens with zero attached hydrogens (tertiary/aromatic N) is 4. The first kappa shape index (κ1) is 18.2. The average Bonchev–Trinajstić information content (AvgIpc) is 3.21. The van der Waals surface area contributed by atoms with Crippen LogP contribution in [0.25, 0.3) is 10.6 Å². The quantitative estimate of drug-likeness (QED) is 0.702. The van der Waals surface area contributed by atoms with Crippen LogP contribution in [-0.4, -0.2) is 45.7 Å². The lowest BCUT2D eigenvalue weighted by Crippen LogP contribution is -2.48. The Labute approximate surface area is 172 Å². The van der Waals surface area contributed by atoms with E-state index in [9.17, 15) is 4.79 Å². The lowest BCUT2D eigenvalue weighted by atomic mass is 9.82. The molecule has 0 atom stereocenters. The van der Waals surface area contributed by atoms with Crippen molar-refractivity contribution >= 4 is 23.1 Å². The van der Waals surface area contributed by atoms with E-state index in [-0.39, 0.29) is 11.5 Å². The van der Waals surface area contributed by atoms with E-state index in [1.807, 2.05) is 17.0 Å². The standard InChI is InChI=1S/C21H21N5O2S/c22-19-5-1-3-15(24-19)18-13-14-17(29-18)6-12-28-21(14)7-10-26(11-8-21)20(27)16-4-2-9-23-25-16/h1-5,9,13H,6-8,10-12H2,(H2,22,24). The number of nitrogens with two attached hydrogens (primary N) is 1. The second-order valence-electron chi connectivity index (χ2n) is 7.39. The van der Waals surface area contributed by atoms with E-state index in [0.717, 1.165) is 29.8 Å². The summed E-state index contributed by atoms with van der Waals surface area (Å²) >= 11 is 1.77. The Bertz CT molecular complexity index is 1040. The predicted molar refractivity (Wildman–Crippen MR) is 110 cm³/mol. The van der Waals surface area contributed by atoms with Crippen molar-refractivity contribution in [1.82, 2.24) is 20.1 Å². The number of piperidine rings is 1. The van der Waals surface area contributed by atoms with Crippen molar-refractivity contribution in [3.63, 3.8) is 0 Å². The molecular weight excluding hydrogens is 386 g/mol. The first-order chi connectivity index (χ1) is 14.1. The van der Waals surface area contributed by atoms with E-state index < -0.39 is 0 Å². The summed E-state index contributed by atoms with van der Waals surface area (Å²) in [6, 6.07) is 11.4. The summed E-state index contributed by atoms with van der Waals surface area (Å²) in [5.41, 5.74) is 8.07. The van der Waals surface area contributed by atoms with Crippen molar-refractivity contribution in [2.24, 2.45) is 0 Å². The summed E-state index contributed by atoms with van der Waals surface area (Å²) in [5, 5.41) is 7.77. The van der Waals surface area contributed by atoms with Crippen LogP contribution in [0.15, 0.2) is 42.6 Å². The number of ether oxygens (including phenoxy) is 1. The van der Waals surface area contributed by atoms with Crippen LogP contribution < -0.4 is 5.73 Å². The van der Waals surface area contributed by atoms with E-state index in [0.29, 0.717) is 31.2 Å². The van der Waals surface area contributed by atoms with Gasteiger partial charge < -0.3 is 15.4 Å². The molecule has 0 saturated carbocycles. The highest BCUT2D eigenvalue weighted by atomic mass is 32.1. The summed E-state index contributed by atoms with van der Waals surface area (Å²) in [5.74, 6) is 0.453. The predicted octanol–water partition coefficient (Wildman–Crippen LogP) is 2.89. The van der Waals surface area contributed by atoms with Crippen LogP contribution in [0.1, 0.15) is 33.8 Å². The summed E-state index contributed by atoms with van der Waals surface area (Å²) in [7, 11) is 0. The fraction of sp³-hybridized carbons (Fsp3) is 0.333. The molecule has 8 heteroatoms. The molecule has 3 aromatic heterocycles. The van der Waals surface area contributed by atoms with Crippen LogP contribution in [0, 0.1) is 0 Å². The van der Waals surface area contributed by atoms with E-state index in [1.165, 1.54) is 10.4 Å². The minimum atomic E-state index is -0.332. The lowest BCUT2D eigenvalue weighted by molar-refractivity contribution is -0.0926. The third kappa shape index (κ3) is 3.28. The van der Waals surface area contributed by atoms with Crippen molar-refractivity contribution in [2.45, 2.75) is 24.9 Å². The maximum Gasteiger partial charge on any atom is 0.274 e. The zero-order valence-electron chi connectivity index (χ0n) is 15.9. The molecule has 3 aromatic rings. The highest BCUT2D eigenvalue weighted by molar-refractivity contribution is 7.15. The number of fused-ring (bicyclic) bond motifs is 2. The maximum atomic E-state index is 12.7. The number of hydrogen-bond donors (Lipinski definition) is 1. The molecule has 1 saturated heterocycles. The molecule has 2 aliphatic rings. The van der Waals surface area contributed by atoms with E-state index in [4.69, 9.17) is 10.5 Å². The van der Waals surface area contributed by atoms with Crippen LogP contribution in [0.4, 0.5) is 5.82 Å². The second-order valence-corrected chi connectivity index (χ2v) is 8.53. The van der Waals surface area contributed by atoms with E-state index in [2.05, 4.69) is 21.2 Å². The van der Waals surface area contributed by atoms with Gasteiger partial charge in [-0.25, -0.2) is 4.98 Å². The van der Waals surface area contributed by atoms with Gasteiger partial charge in [0.05, 0.1) is 22.8 Å². The third-order valence-electron chi connectivity index (χ3n) is 5.68. The first-order valence-electron chi connectivity index (χ1n) is 9.72. The molecule has 0 unspecified atom stereocenters. The largest absolute Gasteiger partial charge is 0.384 e. The van der Waals surface area contributed by atoms with Crippen LogP contribution >= 0.6 is 11.3 Å². The second kappa shape index (κ2) is 7.20. The molecule has 0 radical (unpaired) electrons. The molecule has 148 valence electrons. The molecule has 7 nitrogen and oxygen atoms in total. The Kier molecular flexibility index (Phi) is 4.52. The van der Waals surface area contributed by atoms with Gasteiger partial charge in [-0.1, -0.05) is 6.07 Å². The van der Waals surface area contributed by atoms with Crippen LogP contribution in [0.2, 0.25) is 0 Å². The number of carbonyl (C=O) groups excluding carboxylic acids is 1. The number of likely N-dealkylation sites (tertiary alicyclic amines) is 1. The number of amides is 1. The smallest absolute Gasteiger partial charge is 0.274 e. The molecule has 1 spiro atoms. The number of anilines is 1. The normalized spacial score (nSPS) is 17.9. The van der Waals surface area contributed by atoms with E-state index >= 15 is 0 Å². The molecule has 0 aromatic carbocycles. The number of hydrogen-bond acceptors (Lipinski definition) is 7. The van der Waals surface area contributed by atoms with Gasteiger partial charge in [0.2, 0.25) is 0 Å². The van der Waals surface area contributed by atoms with Gasteiger partial charge in [0.1, 0.15) is 5.82 Å². The summed E-state index contributed by atoms with van der Waals surface area (Å²) in [6.45, 7) is 1.97. The van der Waals surface area contributed by atoms with Gasteiger partial charge in [0.25, 0.3) is 5.91 Å². The van der Waals surface area contributed by atoms with Crippen LogP contribution in [0.5, 0.6) is 0 Å². The first-order valence-corrected chi connectivity index (χ1v) is 10.5. The summed E-state index contributed by atoms with van der Waals surface area (Å²) in [6.07, 6.45) is 4.02. The number of pyridine rings is 1. The van der Waals surface area contributed by atoms with Crippen molar-refractivity contribution < 1.29 is 9.53 Å². The van der Waals surface area contributed by atoms with Gasteiger partial charge in [-0.2, -0.15) is 5.10 Å². The summed E-state index contributed by atoms with van der Waals surface area (Å²) in [4.78, 5) is 21.5. The fourth-order valence-corrected chi connectivity index (χ4v) is 5.39. The zero-order valence-corrected chi connectivity index (χ0v) is 16.7. The Morgan fingerprint density at radius 3 is 2.83 bits per heavy atom. The van der Waals surface area contributed by atoms with Crippen LogP contribution in [0.3, 0.4) is 0 Å². The monoisotopic (exact) mass is 407 g/mol. The Morgan fingerprint density at radius 2 is 2.07 bits per heavy atom. The van der Waals surface area contributed by atoms with Crippen molar-refractivity contribution in [3.05, 3.63) is 58.7 Å². The van der Waals surface area contributed by atoms with Crippen LogP contribution in [-0.2, 0) is 16.8 Å². The number of rotatable bonds is 2. The SMILES string of the molecule is Nc1cccc(-c2cc3c(s2)CCOC32CCN(C(=O)c3cccnn3)CC2)n1. The Morgan fingerprint density at radius 1 is 1.21 bits per heavy atom. The van der Waals surface area contributed by atoms with Crippen molar-refractivity contribution in [1.29, 1.82) is 0 Å². The molecule has 5 rings (SSSR count). The summed E-state index contributed by atoms with van der Waals surface area (Å²) < 4.78 is 6.34. The number of aromatic nitrogens is 3. The topological polar surface area (TPSA) is 94.2 Å². The van der Waals surface area contributed by atoms with Gasteiger partial charge in [-0.15, -0.1) is 16.4 Å². The average molecular weight is 407 g/mol. The molecule has 29 heavy (non-hydrogen) atoms. The van der Waals surface area contributed by atoms with Gasteiger partial charge >= 0.3 is 0 Å². The maximum absolute atomic E-state index is 12.7. The Balaban J connectivity index is 1.39. The molecular formula is C21H21N5O2S. The van der Waals surface area contributed by atoms with Gasteiger partial charge in [-0.3, -0.25) is 4.79 Å². The third-order valence-corrected chi connectivity index (χ3v) is 6.90. The molecule has 1 amide bonds. The zero-order chi connectivity index (χ0) is 19.8. The molecule has 2 N–H and O–H groups in total. The van der Waals surface area contributed by atoms with Crippen molar-refractivity contribution in [2.75, 3.05) is 25.4 Å². The molecule has 5 heterocycles. The van der Waals surface area contributed by atoms with Gasteiger partial charge in [-0.05, 0) is 48.7 Å². The highest BCUT2D eigenvalue weighted by Crippen LogP contribution is 2.46. The van der Waals surface area contributed by atoms with Gasteiger partial charge in [0, 0.05) is 30.6 Å². The molecule has 0 bridgehead atoms. The minimum absolute atomic E-state index is 0.0704. The number of thiophene rings is 1. The van der Waals surface area contributed by atoms with E-state index in [1.54, 1.807) is 35.7 Å². The minimum Gasteiger partial charge on any atom is -0.384 e. The Hall–Kier alpha value is -2.84.